The lowest BCUT2D eigenvalue weighted by atomic mass is 10.1. The summed E-state index contributed by atoms with van der Waals surface area (Å²) in [6.45, 7) is 1.46. The first-order chi connectivity index (χ1) is 12.6. The molecule has 0 amide bonds. The van der Waals surface area contributed by atoms with Gasteiger partial charge in [0, 0.05) is 42.5 Å². The lowest BCUT2D eigenvalue weighted by molar-refractivity contribution is 0.191. The van der Waals surface area contributed by atoms with Gasteiger partial charge < -0.3 is 14.9 Å². The van der Waals surface area contributed by atoms with Gasteiger partial charge in [-0.2, -0.15) is 0 Å². The SMILES string of the molecule is CN(C)C[C@H]1C[C@@H](O)CN1c1nc(-c2cccnc2)nc2ccccc12. The maximum absolute atomic E-state index is 10.3. The quantitative estimate of drug-likeness (QED) is 0.779. The van der Waals surface area contributed by atoms with Gasteiger partial charge in [0.2, 0.25) is 0 Å². The maximum Gasteiger partial charge on any atom is 0.163 e. The Morgan fingerprint density at radius 3 is 2.77 bits per heavy atom. The number of aliphatic hydroxyl groups excluding tert-OH is 1. The molecule has 2 atom stereocenters. The molecule has 4 rings (SSSR count). The van der Waals surface area contributed by atoms with Crippen molar-refractivity contribution < 1.29 is 5.11 Å². The number of aromatic nitrogens is 3. The van der Waals surface area contributed by atoms with E-state index >= 15 is 0 Å². The van der Waals surface area contributed by atoms with Crippen molar-refractivity contribution in [1.29, 1.82) is 0 Å². The van der Waals surface area contributed by atoms with Crippen LogP contribution in [0.25, 0.3) is 22.3 Å². The summed E-state index contributed by atoms with van der Waals surface area (Å²) in [4.78, 5) is 18.2. The van der Waals surface area contributed by atoms with Crippen LogP contribution in [-0.2, 0) is 0 Å². The second-order valence-corrected chi connectivity index (χ2v) is 7.09. The Labute approximate surface area is 153 Å². The number of β-amino-alcohol motifs (C(OH)–C–C–N with tert-alkyl or cyclic N) is 1. The molecular weight excluding hydrogens is 326 g/mol. The first-order valence-corrected chi connectivity index (χ1v) is 8.88. The molecular formula is C20H23N5O. The summed E-state index contributed by atoms with van der Waals surface area (Å²) in [5, 5.41) is 11.3. The minimum atomic E-state index is -0.337. The molecule has 1 saturated heterocycles. The molecule has 0 aliphatic carbocycles. The highest BCUT2D eigenvalue weighted by atomic mass is 16.3. The smallest absolute Gasteiger partial charge is 0.163 e. The Hall–Kier alpha value is -2.57. The van der Waals surface area contributed by atoms with E-state index in [1.165, 1.54) is 0 Å². The third-order valence-corrected chi connectivity index (χ3v) is 4.74. The highest BCUT2D eigenvalue weighted by Crippen LogP contribution is 2.32. The average molecular weight is 349 g/mol. The molecule has 26 heavy (non-hydrogen) atoms. The normalized spacial score (nSPS) is 20.2. The van der Waals surface area contributed by atoms with E-state index in [0.717, 1.165) is 35.2 Å². The van der Waals surface area contributed by atoms with Gasteiger partial charge in [-0.1, -0.05) is 12.1 Å². The van der Waals surface area contributed by atoms with Gasteiger partial charge in [0.25, 0.3) is 0 Å². The van der Waals surface area contributed by atoms with Gasteiger partial charge in [0.1, 0.15) is 5.82 Å². The number of aliphatic hydroxyl groups is 1. The summed E-state index contributed by atoms with van der Waals surface area (Å²) in [6.07, 6.45) is 3.94. The summed E-state index contributed by atoms with van der Waals surface area (Å²) in [5.74, 6) is 1.55. The van der Waals surface area contributed by atoms with Gasteiger partial charge in [0.05, 0.1) is 11.6 Å². The van der Waals surface area contributed by atoms with Crippen LogP contribution in [0.2, 0.25) is 0 Å². The highest BCUT2D eigenvalue weighted by Gasteiger charge is 2.33. The fraction of sp³-hybridized carbons (Fsp3) is 0.350. The van der Waals surface area contributed by atoms with Gasteiger partial charge in [-0.15, -0.1) is 0 Å². The van der Waals surface area contributed by atoms with E-state index < -0.39 is 0 Å². The van der Waals surface area contributed by atoms with Gasteiger partial charge in [-0.25, -0.2) is 9.97 Å². The van der Waals surface area contributed by atoms with Crippen LogP contribution in [0.4, 0.5) is 5.82 Å². The van der Waals surface area contributed by atoms with Crippen molar-refractivity contribution in [3.63, 3.8) is 0 Å². The van der Waals surface area contributed by atoms with Crippen molar-refractivity contribution in [2.24, 2.45) is 0 Å². The molecule has 0 spiro atoms. The fourth-order valence-corrected chi connectivity index (χ4v) is 3.65. The molecule has 0 unspecified atom stereocenters. The summed E-state index contributed by atoms with van der Waals surface area (Å²) in [6, 6.07) is 12.1. The second kappa shape index (κ2) is 6.97. The largest absolute Gasteiger partial charge is 0.391 e. The predicted octanol–water partition coefficient (Wildman–Crippen LogP) is 2.19. The highest BCUT2D eigenvalue weighted by molar-refractivity contribution is 5.91. The number of anilines is 1. The zero-order valence-corrected chi connectivity index (χ0v) is 15.1. The summed E-state index contributed by atoms with van der Waals surface area (Å²) < 4.78 is 0. The lowest BCUT2D eigenvalue weighted by Gasteiger charge is -2.28. The number of rotatable bonds is 4. The van der Waals surface area contributed by atoms with Crippen LogP contribution in [0.3, 0.4) is 0 Å². The number of nitrogens with zero attached hydrogens (tertiary/aromatic N) is 5. The number of likely N-dealkylation sites (N-methyl/N-ethyl adjacent to an activating group) is 1. The predicted molar refractivity (Wildman–Crippen MR) is 103 cm³/mol. The summed E-state index contributed by atoms with van der Waals surface area (Å²) >= 11 is 0. The third-order valence-electron chi connectivity index (χ3n) is 4.74. The lowest BCUT2D eigenvalue weighted by Crippen LogP contribution is -2.38. The molecule has 3 aromatic rings. The average Bonchev–Trinajstić information content (AvgIpc) is 3.00. The van der Waals surface area contributed by atoms with E-state index in [2.05, 4.69) is 34.9 Å². The second-order valence-electron chi connectivity index (χ2n) is 7.09. The van der Waals surface area contributed by atoms with E-state index in [1.807, 2.05) is 30.3 Å². The van der Waals surface area contributed by atoms with Crippen LogP contribution in [0.15, 0.2) is 48.8 Å². The van der Waals surface area contributed by atoms with Gasteiger partial charge >= 0.3 is 0 Å². The molecule has 134 valence electrons. The Balaban J connectivity index is 1.85. The molecule has 6 heteroatoms. The number of hydrogen-bond donors (Lipinski definition) is 1. The molecule has 1 aliphatic rings. The Bertz CT molecular complexity index is 899. The van der Waals surface area contributed by atoms with Gasteiger partial charge in [0.15, 0.2) is 5.82 Å². The minimum Gasteiger partial charge on any atom is -0.391 e. The van der Waals surface area contributed by atoms with Crippen molar-refractivity contribution >= 4 is 16.7 Å². The molecule has 0 saturated carbocycles. The van der Waals surface area contributed by atoms with Crippen molar-refractivity contribution in [2.75, 3.05) is 32.1 Å². The van der Waals surface area contributed by atoms with E-state index in [1.54, 1.807) is 12.4 Å². The Kier molecular flexibility index (Phi) is 4.53. The summed E-state index contributed by atoms with van der Waals surface area (Å²) in [7, 11) is 4.12. The molecule has 1 fully saturated rings. The topological polar surface area (TPSA) is 65.4 Å². The van der Waals surface area contributed by atoms with Crippen LogP contribution in [0.5, 0.6) is 0 Å². The number of benzene rings is 1. The molecule has 0 radical (unpaired) electrons. The first-order valence-electron chi connectivity index (χ1n) is 8.88. The number of fused-ring (bicyclic) bond motifs is 1. The Morgan fingerprint density at radius 2 is 2.00 bits per heavy atom. The molecule has 6 nitrogen and oxygen atoms in total. The zero-order valence-electron chi connectivity index (χ0n) is 15.1. The van der Waals surface area contributed by atoms with Crippen LogP contribution < -0.4 is 4.90 Å². The Morgan fingerprint density at radius 1 is 1.15 bits per heavy atom. The van der Waals surface area contributed by atoms with Crippen molar-refractivity contribution in [3.05, 3.63) is 48.8 Å². The third kappa shape index (κ3) is 3.25. The van der Waals surface area contributed by atoms with Crippen LogP contribution in [0, 0.1) is 0 Å². The maximum atomic E-state index is 10.3. The molecule has 1 N–H and O–H groups in total. The van der Waals surface area contributed by atoms with Crippen molar-refractivity contribution in [1.82, 2.24) is 19.9 Å². The van der Waals surface area contributed by atoms with Crippen molar-refractivity contribution in [2.45, 2.75) is 18.6 Å². The standard InChI is InChI=1S/C20H23N5O/c1-24(2)12-15-10-16(26)13-25(15)20-17-7-3-4-8-18(17)22-19(23-20)14-6-5-9-21-11-14/h3-9,11,15-16,26H,10,12-13H2,1-2H3/t15-,16-/m1/s1. The molecule has 3 heterocycles. The van der Waals surface area contributed by atoms with Crippen LogP contribution in [0.1, 0.15) is 6.42 Å². The van der Waals surface area contributed by atoms with Crippen LogP contribution in [-0.4, -0.2) is 64.3 Å². The van der Waals surface area contributed by atoms with Crippen LogP contribution >= 0.6 is 0 Å². The molecule has 2 aromatic heterocycles. The zero-order chi connectivity index (χ0) is 18.1. The van der Waals surface area contributed by atoms with E-state index in [4.69, 9.17) is 9.97 Å². The molecule has 1 aromatic carbocycles. The minimum absolute atomic E-state index is 0.222. The van der Waals surface area contributed by atoms with E-state index in [0.29, 0.717) is 12.4 Å². The summed E-state index contributed by atoms with van der Waals surface area (Å²) in [5.41, 5.74) is 1.80. The number of para-hydroxylation sites is 1. The van der Waals surface area contributed by atoms with Gasteiger partial charge in [-0.3, -0.25) is 4.98 Å². The van der Waals surface area contributed by atoms with E-state index in [9.17, 15) is 5.11 Å². The number of hydrogen-bond acceptors (Lipinski definition) is 6. The van der Waals surface area contributed by atoms with E-state index in [-0.39, 0.29) is 12.1 Å². The van der Waals surface area contributed by atoms with Gasteiger partial charge in [-0.05, 0) is 44.8 Å². The van der Waals surface area contributed by atoms with Crippen molar-refractivity contribution in [3.8, 4) is 11.4 Å². The molecule has 0 bridgehead atoms. The first kappa shape index (κ1) is 16.9. The monoisotopic (exact) mass is 349 g/mol. The molecule has 1 aliphatic heterocycles. The fourth-order valence-electron chi connectivity index (χ4n) is 3.65. The number of pyridine rings is 1.